The average Bonchev–Trinajstić information content (AvgIpc) is 2.84. The molecule has 0 spiro atoms. The summed E-state index contributed by atoms with van der Waals surface area (Å²) in [5.41, 5.74) is 9.74. The van der Waals surface area contributed by atoms with Crippen LogP contribution in [0.3, 0.4) is 0 Å². The number of hydrogen-bond acceptors (Lipinski definition) is 6. The molecule has 3 aromatic rings. The maximum Gasteiger partial charge on any atom is 0.253 e. The van der Waals surface area contributed by atoms with Crippen molar-refractivity contribution in [1.82, 2.24) is 14.8 Å². The van der Waals surface area contributed by atoms with Gasteiger partial charge in [-0.2, -0.15) is 5.26 Å². The van der Waals surface area contributed by atoms with Gasteiger partial charge in [0, 0.05) is 49.1 Å². The number of nitrogens with zero attached hydrogens (tertiary/aromatic N) is 4. The number of rotatable bonds is 5. The molecule has 7 heteroatoms. The molecular weight excluding hydrogens is 402 g/mol. The molecule has 0 atom stereocenters. The fraction of sp³-hybridized carbons (Fsp3) is 0.240. The number of pyridine rings is 1. The monoisotopic (exact) mass is 427 g/mol. The molecule has 0 bridgehead atoms. The van der Waals surface area contributed by atoms with Crippen LogP contribution in [0.4, 0.5) is 5.82 Å². The Morgan fingerprint density at radius 2 is 1.81 bits per heavy atom. The summed E-state index contributed by atoms with van der Waals surface area (Å²) >= 11 is 0. The Kier molecular flexibility index (Phi) is 6.34. The quantitative estimate of drug-likeness (QED) is 0.672. The van der Waals surface area contributed by atoms with Crippen LogP contribution in [0.15, 0.2) is 60.8 Å². The number of hydrogen-bond donors (Lipinski definition) is 1. The molecule has 1 fully saturated rings. The van der Waals surface area contributed by atoms with Gasteiger partial charge in [-0.3, -0.25) is 4.79 Å². The van der Waals surface area contributed by atoms with Crippen molar-refractivity contribution < 1.29 is 9.53 Å². The second-order valence-corrected chi connectivity index (χ2v) is 7.84. The van der Waals surface area contributed by atoms with Crippen molar-refractivity contribution in [2.75, 3.05) is 39.0 Å². The Labute approximate surface area is 187 Å². The number of likely N-dealkylation sites (N-methyl/N-ethyl adjacent to an activating group) is 1. The normalized spacial score (nSPS) is 14.1. The van der Waals surface area contributed by atoms with Gasteiger partial charge in [0.05, 0.1) is 5.56 Å². The highest BCUT2D eigenvalue weighted by atomic mass is 16.5. The smallest absolute Gasteiger partial charge is 0.253 e. The zero-order valence-corrected chi connectivity index (χ0v) is 18.0. The van der Waals surface area contributed by atoms with E-state index in [1.807, 2.05) is 41.3 Å². The van der Waals surface area contributed by atoms with Crippen LogP contribution < -0.4 is 10.5 Å². The minimum absolute atomic E-state index is 0.0605. The SMILES string of the molecule is CN1CCN(C(=O)c2ccc(-c3cnc(N)c(COc4ccccc4C#N)c3)cc2)CC1. The van der Waals surface area contributed by atoms with E-state index in [4.69, 9.17) is 10.5 Å². The van der Waals surface area contributed by atoms with Gasteiger partial charge < -0.3 is 20.3 Å². The van der Waals surface area contributed by atoms with Gasteiger partial charge in [-0.15, -0.1) is 0 Å². The first-order valence-electron chi connectivity index (χ1n) is 10.5. The van der Waals surface area contributed by atoms with Gasteiger partial charge in [-0.1, -0.05) is 24.3 Å². The maximum atomic E-state index is 12.8. The molecule has 162 valence electrons. The van der Waals surface area contributed by atoms with E-state index < -0.39 is 0 Å². The molecule has 1 saturated heterocycles. The van der Waals surface area contributed by atoms with E-state index >= 15 is 0 Å². The van der Waals surface area contributed by atoms with Crippen LogP contribution in [0.2, 0.25) is 0 Å². The summed E-state index contributed by atoms with van der Waals surface area (Å²) < 4.78 is 5.81. The van der Waals surface area contributed by atoms with Gasteiger partial charge in [-0.05, 0) is 42.9 Å². The predicted octanol–water partition coefficient (Wildman–Crippen LogP) is 3.17. The van der Waals surface area contributed by atoms with E-state index in [1.165, 1.54) is 0 Å². The number of piperazine rings is 1. The minimum atomic E-state index is 0.0605. The Morgan fingerprint density at radius 3 is 2.53 bits per heavy atom. The van der Waals surface area contributed by atoms with Crippen LogP contribution in [0, 0.1) is 11.3 Å². The molecule has 7 nitrogen and oxygen atoms in total. The third-order valence-corrected chi connectivity index (χ3v) is 5.65. The van der Waals surface area contributed by atoms with Gasteiger partial charge in [0.2, 0.25) is 0 Å². The molecule has 1 aliphatic heterocycles. The van der Waals surface area contributed by atoms with Gasteiger partial charge >= 0.3 is 0 Å². The number of anilines is 1. The summed E-state index contributed by atoms with van der Waals surface area (Å²) in [5.74, 6) is 0.946. The number of aromatic nitrogens is 1. The Balaban J connectivity index is 1.48. The first kappa shape index (κ1) is 21.3. The Hall–Kier alpha value is -3.89. The first-order chi connectivity index (χ1) is 15.5. The summed E-state index contributed by atoms with van der Waals surface area (Å²) in [6, 6.07) is 18.7. The van der Waals surface area contributed by atoms with Crippen LogP contribution in [0.1, 0.15) is 21.5 Å². The van der Waals surface area contributed by atoms with Crippen molar-refractivity contribution in [2.24, 2.45) is 0 Å². The highest BCUT2D eigenvalue weighted by Gasteiger charge is 2.20. The molecule has 0 saturated carbocycles. The van der Waals surface area contributed by atoms with E-state index in [1.54, 1.807) is 24.4 Å². The average molecular weight is 428 g/mol. The van der Waals surface area contributed by atoms with Crippen molar-refractivity contribution in [1.29, 1.82) is 5.26 Å². The highest BCUT2D eigenvalue weighted by Crippen LogP contribution is 2.25. The van der Waals surface area contributed by atoms with Crippen molar-refractivity contribution >= 4 is 11.7 Å². The molecule has 32 heavy (non-hydrogen) atoms. The second kappa shape index (κ2) is 9.50. The van der Waals surface area contributed by atoms with Gasteiger partial charge in [0.25, 0.3) is 5.91 Å². The van der Waals surface area contributed by atoms with E-state index in [2.05, 4.69) is 23.0 Å². The zero-order valence-electron chi connectivity index (χ0n) is 18.0. The number of nitrogens with two attached hydrogens (primary N) is 1. The molecule has 0 unspecified atom stereocenters. The number of amides is 1. The number of nitriles is 1. The van der Waals surface area contributed by atoms with Crippen LogP contribution in [-0.4, -0.2) is 53.9 Å². The fourth-order valence-corrected chi connectivity index (χ4v) is 3.63. The second-order valence-electron chi connectivity index (χ2n) is 7.84. The van der Waals surface area contributed by atoms with Crippen molar-refractivity contribution in [2.45, 2.75) is 6.61 Å². The zero-order chi connectivity index (χ0) is 22.5. The lowest BCUT2D eigenvalue weighted by Crippen LogP contribution is -2.47. The maximum absolute atomic E-state index is 12.8. The van der Waals surface area contributed by atoms with Gasteiger partial charge in [0.1, 0.15) is 24.2 Å². The van der Waals surface area contributed by atoms with E-state index in [0.29, 0.717) is 22.7 Å². The number of nitrogen functional groups attached to an aromatic ring is 1. The third-order valence-electron chi connectivity index (χ3n) is 5.65. The largest absolute Gasteiger partial charge is 0.487 e. The molecule has 2 N–H and O–H groups in total. The van der Waals surface area contributed by atoms with Gasteiger partial charge in [-0.25, -0.2) is 4.98 Å². The minimum Gasteiger partial charge on any atom is -0.487 e. The van der Waals surface area contributed by atoms with Crippen LogP contribution in [0.5, 0.6) is 5.75 Å². The third kappa shape index (κ3) is 4.71. The van der Waals surface area contributed by atoms with Crippen LogP contribution in [-0.2, 0) is 6.61 Å². The molecule has 0 radical (unpaired) electrons. The summed E-state index contributed by atoms with van der Waals surface area (Å²) in [6.45, 7) is 3.48. The number of para-hydroxylation sites is 1. The summed E-state index contributed by atoms with van der Waals surface area (Å²) in [4.78, 5) is 21.2. The highest BCUT2D eigenvalue weighted by molar-refractivity contribution is 5.94. The number of carbonyl (C=O) groups is 1. The number of benzene rings is 2. The predicted molar refractivity (Wildman–Crippen MR) is 123 cm³/mol. The topological polar surface area (TPSA) is 95.5 Å². The molecule has 1 aromatic heterocycles. The molecule has 2 aromatic carbocycles. The van der Waals surface area contributed by atoms with Crippen LogP contribution in [0.25, 0.3) is 11.1 Å². The summed E-state index contributed by atoms with van der Waals surface area (Å²) in [5, 5.41) is 9.22. The standard InChI is InChI=1S/C25H25N5O2/c1-29-10-12-30(13-11-29)25(31)19-8-6-18(7-9-19)21-14-22(24(27)28-16-21)17-32-23-5-3-2-4-20(23)15-26/h2-9,14,16H,10-13,17H2,1H3,(H2,27,28). The Morgan fingerprint density at radius 1 is 1.09 bits per heavy atom. The van der Waals surface area contributed by atoms with Gasteiger partial charge in [0.15, 0.2) is 0 Å². The Bertz CT molecular complexity index is 1150. The first-order valence-corrected chi connectivity index (χ1v) is 10.5. The lowest BCUT2D eigenvalue weighted by molar-refractivity contribution is 0.0664. The van der Waals surface area contributed by atoms with E-state index in [0.717, 1.165) is 42.9 Å². The molecule has 2 heterocycles. The number of carbonyl (C=O) groups excluding carboxylic acids is 1. The summed E-state index contributed by atoms with van der Waals surface area (Å²) in [7, 11) is 2.07. The lowest BCUT2D eigenvalue weighted by Gasteiger charge is -2.32. The molecule has 1 aliphatic rings. The molecular formula is C25H25N5O2. The van der Waals surface area contributed by atoms with E-state index in [9.17, 15) is 10.1 Å². The molecule has 4 rings (SSSR count). The lowest BCUT2D eigenvalue weighted by atomic mass is 10.0. The fourth-order valence-electron chi connectivity index (χ4n) is 3.63. The van der Waals surface area contributed by atoms with E-state index in [-0.39, 0.29) is 12.5 Å². The van der Waals surface area contributed by atoms with Crippen molar-refractivity contribution in [3.05, 3.63) is 77.5 Å². The van der Waals surface area contributed by atoms with Crippen molar-refractivity contribution in [3.8, 4) is 22.9 Å². The molecule has 1 amide bonds. The van der Waals surface area contributed by atoms with Crippen molar-refractivity contribution in [3.63, 3.8) is 0 Å². The van der Waals surface area contributed by atoms with Crippen LogP contribution >= 0.6 is 0 Å². The molecule has 0 aliphatic carbocycles. The summed E-state index contributed by atoms with van der Waals surface area (Å²) in [6.07, 6.45) is 1.71. The number of ether oxygens (including phenoxy) is 1.